The Labute approximate surface area is 127 Å². The molecule has 2 rings (SSSR count). The van der Waals surface area contributed by atoms with Crippen molar-refractivity contribution in [1.82, 2.24) is 10.2 Å². The van der Waals surface area contributed by atoms with Gasteiger partial charge in [-0.15, -0.1) is 0 Å². The molecule has 4 nitrogen and oxygen atoms in total. The largest absolute Gasteiger partial charge is 0.324 e. The number of likely N-dealkylation sites (tertiary alicyclic amines) is 1. The number of aryl methyl sites for hydroxylation is 2. The minimum Gasteiger partial charge on any atom is -0.324 e. The van der Waals surface area contributed by atoms with Crippen LogP contribution < -0.4 is 10.6 Å². The SMILES string of the molecule is CNC1CCCN(C(C)C(=O)Nc2ccc(C)cc2C)C1. The lowest BCUT2D eigenvalue weighted by atomic mass is 10.0. The van der Waals surface area contributed by atoms with E-state index in [-0.39, 0.29) is 11.9 Å². The van der Waals surface area contributed by atoms with Gasteiger partial charge in [0, 0.05) is 18.3 Å². The van der Waals surface area contributed by atoms with Crippen molar-refractivity contribution in [3.8, 4) is 0 Å². The molecule has 0 saturated carbocycles. The zero-order valence-corrected chi connectivity index (χ0v) is 13.6. The van der Waals surface area contributed by atoms with Crippen molar-refractivity contribution in [2.45, 2.75) is 45.7 Å². The van der Waals surface area contributed by atoms with Gasteiger partial charge in [0.05, 0.1) is 6.04 Å². The first kappa shape index (κ1) is 16.0. The summed E-state index contributed by atoms with van der Waals surface area (Å²) in [5, 5.41) is 6.39. The molecule has 4 heteroatoms. The molecule has 2 atom stereocenters. The molecule has 1 amide bonds. The van der Waals surface area contributed by atoms with Crippen molar-refractivity contribution < 1.29 is 4.79 Å². The van der Waals surface area contributed by atoms with Gasteiger partial charge in [0.1, 0.15) is 0 Å². The van der Waals surface area contributed by atoms with Gasteiger partial charge < -0.3 is 10.6 Å². The molecule has 0 aromatic heterocycles. The number of carbonyl (C=O) groups excluding carboxylic acids is 1. The van der Waals surface area contributed by atoms with E-state index in [0.717, 1.165) is 30.8 Å². The first-order chi connectivity index (χ1) is 10.0. The van der Waals surface area contributed by atoms with Crippen LogP contribution in [0.5, 0.6) is 0 Å². The third-order valence-corrected chi connectivity index (χ3v) is 4.43. The Kier molecular flexibility index (Phi) is 5.37. The lowest BCUT2D eigenvalue weighted by Gasteiger charge is -2.36. The number of benzene rings is 1. The van der Waals surface area contributed by atoms with Crippen molar-refractivity contribution in [1.29, 1.82) is 0 Å². The van der Waals surface area contributed by atoms with E-state index in [0.29, 0.717) is 6.04 Å². The lowest BCUT2D eigenvalue weighted by molar-refractivity contribution is -0.121. The summed E-state index contributed by atoms with van der Waals surface area (Å²) >= 11 is 0. The number of carbonyl (C=O) groups is 1. The molecular formula is C17H27N3O. The fourth-order valence-corrected chi connectivity index (χ4v) is 2.95. The molecule has 0 spiro atoms. The van der Waals surface area contributed by atoms with Crippen LogP contribution in [0.3, 0.4) is 0 Å². The Balaban J connectivity index is 1.99. The first-order valence-corrected chi connectivity index (χ1v) is 7.80. The number of likely N-dealkylation sites (N-methyl/N-ethyl adjacent to an activating group) is 1. The molecular weight excluding hydrogens is 262 g/mol. The number of nitrogens with zero attached hydrogens (tertiary/aromatic N) is 1. The first-order valence-electron chi connectivity index (χ1n) is 7.80. The number of nitrogens with one attached hydrogen (secondary N) is 2. The Hall–Kier alpha value is -1.39. The predicted molar refractivity (Wildman–Crippen MR) is 87.7 cm³/mol. The van der Waals surface area contributed by atoms with Gasteiger partial charge in [-0.2, -0.15) is 0 Å². The summed E-state index contributed by atoms with van der Waals surface area (Å²) in [6, 6.07) is 6.52. The van der Waals surface area contributed by atoms with Gasteiger partial charge in [-0.25, -0.2) is 0 Å². The number of rotatable bonds is 4. The molecule has 1 heterocycles. The minimum absolute atomic E-state index is 0.0821. The van der Waals surface area contributed by atoms with Crippen molar-refractivity contribution in [2.24, 2.45) is 0 Å². The van der Waals surface area contributed by atoms with Gasteiger partial charge in [0.2, 0.25) is 5.91 Å². The smallest absolute Gasteiger partial charge is 0.241 e. The Morgan fingerprint density at radius 3 is 2.81 bits per heavy atom. The summed E-state index contributed by atoms with van der Waals surface area (Å²) < 4.78 is 0. The Bertz CT molecular complexity index is 501. The Morgan fingerprint density at radius 2 is 2.14 bits per heavy atom. The van der Waals surface area contributed by atoms with Gasteiger partial charge in [0.15, 0.2) is 0 Å². The predicted octanol–water partition coefficient (Wildman–Crippen LogP) is 2.31. The third-order valence-electron chi connectivity index (χ3n) is 4.43. The molecule has 0 bridgehead atoms. The maximum Gasteiger partial charge on any atom is 0.241 e. The molecule has 1 aliphatic rings. The molecule has 21 heavy (non-hydrogen) atoms. The Morgan fingerprint density at radius 1 is 1.38 bits per heavy atom. The van der Waals surface area contributed by atoms with Crippen LogP contribution in [0.4, 0.5) is 5.69 Å². The van der Waals surface area contributed by atoms with Crippen LogP contribution in [0.2, 0.25) is 0 Å². The summed E-state index contributed by atoms with van der Waals surface area (Å²) in [4.78, 5) is 14.7. The van der Waals surface area contributed by atoms with Gasteiger partial charge >= 0.3 is 0 Å². The minimum atomic E-state index is -0.0955. The quantitative estimate of drug-likeness (QED) is 0.894. The third kappa shape index (κ3) is 4.05. The summed E-state index contributed by atoms with van der Waals surface area (Å²) in [6.45, 7) is 8.03. The average Bonchev–Trinajstić information content (AvgIpc) is 2.49. The van der Waals surface area contributed by atoms with Crippen LogP contribution >= 0.6 is 0 Å². The highest BCUT2D eigenvalue weighted by Crippen LogP contribution is 2.18. The topological polar surface area (TPSA) is 44.4 Å². The van der Waals surface area contributed by atoms with Crippen LogP contribution in [0, 0.1) is 13.8 Å². The summed E-state index contributed by atoms with van der Waals surface area (Å²) in [5.74, 6) is 0.0821. The van der Waals surface area contributed by atoms with Crippen molar-refractivity contribution in [3.05, 3.63) is 29.3 Å². The number of hydrogen-bond donors (Lipinski definition) is 2. The second-order valence-corrected chi connectivity index (χ2v) is 6.11. The molecule has 1 saturated heterocycles. The van der Waals surface area contributed by atoms with Crippen LogP contribution in [-0.4, -0.2) is 43.0 Å². The summed E-state index contributed by atoms with van der Waals surface area (Å²) in [7, 11) is 1.99. The van der Waals surface area contributed by atoms with Crippen molar-refractivity contribution in [2.75, 3.05) is 25.5 Å². The molecule has 116 valence electrons. The van der Waals surface area contributed by atoms with E-state index in [1.165, 1.54) is 12.0 Å². The van der Waals surface area contributed by atoms with Crippen molar-refractivity contribution >= 4 is 11.6 Å². The average molecular weight is 289 g/mol. The van der Waals surface area contributed by atoms with E-state index in [2.05, 4.69) is 28.5 Å². The number of amides is 1. The normalized spacial score (nSPS) is 21.0. The van der Waals surface area contributed by atoms with Gasteiger partial charge in [-0.05, 0) is 58.8 Å². The van der Waals surface area contributed by atoms with E-state index in [4.69, 9.17) is 0 Å². The highest BCUT2D eigenvalue weighted by molar-refractivity contribution is 5.95. The van der Waals surface area contributed by atoms with Gasteiger partial charge in [0.25, 0.3) is 0 Å². The molecule has 1 fully saturated rings. The molecule has 0 aliphatic carbocycles. The number of piperidine rings is 1. The second-order valence-electron chi connectivity index (χ2n) is 6.11. The standard InChI is InChI=1S/C17H27N3O/c1-12-7-8-16(13(2)10-12)19-17(21)14(3)20-9-5-6-15(11-20)18-4/h7-8,10,14-15,18H,5-6,9,11H2,1-4H3,(H,19,21). The zero-order chi connectivity index (χ0) is 15.4. The van der Waals surface area contributed by atoms with E-state index in [9.17, 15) is 4.79 Å². The summed E-state index contributed by atoms with van der Waals surface area (Å²) in [6.07, 6.45) is 2.34. The fourth-order valence-electron chi connectivity index (χ4n) is 2.95. The number of hydrogen-bond acceptors (Lipinski definition) is 3. The van der Waals surface area contributed by atoms with Crippen LogP contribution in [0.15, 0.2) is 18.2 Å². The monoisotopic (exact) mass is 289 g/mol. The molecule has 1 aromatic carbocycles. The molecule has 2 unspecified atom stereocenters. The van der Waals surface area contributed by atoms with E-state index in [1.54, 1.807) is 0 Å². The maximum atomic E-state index is 12.5. The number of anilines is 1. The second kappa shape index (κ2) is 7.05. The zero-order valence-electron chi connectivity index (χ0n) is 13.6. The van der Waals surface area contributed by atoms with E-state index >= 15 is 0 Å². The van der Waals surface area contributed by atoms with E-state index < -0.39 is 0 Å². The molecule has 0 radical (unpaired) electrons. The maximum absolute atomic E-state index is 12.5. The molecule has 1 aliphatic heterocycles. The molecule has 1 aromatic rings. The van der Waals surface area contributed by atoms with Crippen LogP contribution in [0.25, 0.3) is 0 Å². The van der Waals surface area contributed by atoms with Crippen LogP contribution in [0.1, 0.15) is 30.9 Å². The van der Waals surface area contributed by atoms with Crippen molar-refractivity contribution in [3.63, 3.8) is 0 Å². The van der Waals surface area contributed by atoms with Gasteiger partial charge in [-0.1, -0.05) is 17.7 Å². The highest BCUT2D eigenvalue weighted by atomic mass is 16.2. The van der Waals surface area contributed by atoms with Crippen LogP contribution in [-0.2, 0) is 4.79 Å². The fraction of sp³-hybridized carbons (Fsp3) is 0.588. The summed E-state index contributed by atoms with van der Waals surface area (Å²) in [5.41, 5.74) is 3.24. The van der Waals surface area contributed by atoms with E-state index in [1.807, 2.05) is 33.0 Å². The lowest BCUT2D eigenvalue weighted by Crippen LogP contribution is -2.51. The highest BCUT2D eigenvalue weighted by Gasteiger charge is 2.26. The molecule has 2 N–H and O–H groups in total. The van der Waals surface area contributed by atoms with Gasteiger partial charge in [-0.3, -0.25) is 9.69 Å².